The van der Waals surface area contributed by atoms with E-state index in [1.54, 1.807) is 35.2 Å². The van der Waals surface area contributed by atoms with Crippen molar-refractivity contribution < 1.29 is 13.2 Å². The smallest absolute Gasteiger partial charge is 0.238 e. The van der Waals surface area contributed by atoms with E-state index in [1.807, 2.05) is 18.2 Å². The fourth-order valence-electron chi connectivity index (χ4n) is 2.04. The number of aromatic nitrogens is 1. The van der Waals surface area contributed by atoms with Crippen molar-refractivity contribution in [2.24, 2.45) is 5.14 Å². The van der Waals surface area contributed by atoms with E-state index in [2.05, 4.69) is 4.98 Å². The molecule has 0 saturated heterocycles. The molecule has 0 spiro atoms. The molecule has 0 aliphatic heterocycles. The van der Waals surface area contributed by atoms with Crippen molar-refractivity contribution in [1.82, 2.24) is 4.98 Å². The van der Waals surface area contributed by atoms with Crippen molar-refractivity contribution in [2.75, 3.05) is 0 Å². The first-order chi connectivity index (χ1) is 10.6. The lowest BCUT2D eigenvalue weighted by molar-refractivity contribution is 0.482. The molecule has 22 heavy (non-hydrogen) atoms. The van der Waals surface area contributed by atoms with Gasteiger partial charge in [0.25, 0.3) is 0 Å². The molecule has 112 valence electrons. The molecular weight excluding hydrogens is 320 g/mol. The number of nitrogens with zero attached hydrogens (tertiary/aromatic N) is 1. The summed E-state index contributed by atoms with van der Waals surface area (Å²) >= 11 is 1.37. The van der Waals surface area contributed by atoms with Crippen molar-refractivity contribution in [1.29, 1.82) is 0 Å². The van der Waals surface area contributed by atoms with Gasteiger partial charge in [0.15, 0.2) is 0 Å². The Hall–Kier alpha value is -2.22. The Morgan fingerprint density at radius 2 is 1.82 bits per heavy atom. The summed E-state index contributed by atoms with van der Waals surface area (Å²) in [6.45, 7) is 0. The Kier molecular flexibility index (Phi) is 3.93. The maximum absolute atomic E-state index is 11.9. The van der Waals surface area contributed by atoms with E-state index in [1.165, 1.54) is 17.4 Å². The van der Waals surface area contributed by atoms with Gasteiger partial charge in [0.1, 0.15) is 11.5 Å². The van der Waals surface area contributed by atoms with Gasteiger partial charge in [-0.15, -0.1) is 11.3 Å². The predicted octanol–water partition coefficient (Wildman–Crippen LogP) is 3.25. The van der Waals surface area contributed by atoms with Crippen molar-refractivity contribution in [3.05, 3.63) is 59.4 Å². The summed E-state index contributed by atoms with van der Waals surface area (Å²) in [7, 11) is -3.89. The molecule has 0 aliphatic carbocycles. The van der Waals surface area contributed by atoms with Gasteiger partial charge in [0.05, 0.1) is 21.7 Å². The third-order valence-corrected chi connectivity index (χ3v) is 4.49. The molecule has 0 atom stereocenters. The normalized spacial score (nSPS) is 11.3. The van der Waals surface area contributed by atoms with Gasteiger partial charge in [-0.25, -0.2) is 18.5 Å². The van der Waals surface area contributed by atoms with E-state index in [0.29, 0.717) is 22.8 Å². The molecule has 2 aromatic carbocycles. The third kappa shape index (κ3) is 3.01. The molecule has 0 saturated carbocycles. The summed E-state index contributed by atoms with van der Waals surface area (Å²) in [6.07, 6.45) is 0. The van der Waals surface area contributed by atoms with Gasteiger partial charge < -0.3 is 4.74 Å². The SMILES string of the molecule is NS(=O)(=O)c1cccc(Oc2ccccc2)c1-c1cscn1. The van der Waals surface area contributed by atoms with Crippen LogP contribution in [0, 0.1) is 0 Å². The topological polar surface area (TPSA) is 82.3 Å². The average molecular weight is 332 g/mol. The van der Waals surface area contributed by atoms with Crippen LogP contribution >= 0.6 is 11.3 Å². The third-order valence-electron chi connectivity index (χ3n) is 2.95. The van der Waals surface area contributed by atoms with E-state index < -0.39 is 10.0 Å². The number of rotatable bonds is 4. The number of ether oxygens (including phenoxy) is 1. The van der Waals surface area contributed by atoms with Crippen LogP contribution in [-0.4, -0.2) is 13.4 Å². The van der Waals surface area contributed by atoms with Crippen LogP contribution in [0.25, 0.3) is 11.3 Å². The summed E-state index contributed by atoms with van der Waals surface area (Å²) in [4.78, 5) is 4.17. The largest absolute Gasteiger partial charge is 0.457 e. The summed E-state index contributed by atoms with van der Waals surface area (Å²) < 4.78 is 29.5. The van der Waals surface area contributed by atoms with E-state index in [0.717, 1.165) is 0 Å². The van der Waals surface area contributed by atoms with E-state index >= 15 is 0 Å². The van der Waals surface area contributed by atoms with E-state index in [4.69, 9.17) is 9.88 Å². The van der Waals surface area contributed by atoms with Gasteiger partial charge in [-0.05, 0) is 24.3 Å². The molecule has 3 rings (SSSR count). The lowest BCUT2D eigenvalue weighted by Crippen LogP contribution is -2.13. The minimum Gasteiger partial charge on any atom is -0.457 e. The zero-order valence-corrected chi connectivity index (χ0v) is 13.0. The van der Waals surface area contributed by atoms with Gasteiger partial charge in [-0.2, -0.15) is 0 Å². The second-order valence-corrected chi connectivity index (χ2v) is 6.71. The fourth-order valence-corrected chi connectivity index (χ4v) is 3.34. The summed E-state index contributed by atoms with van der Waals surface area (Å²) in [6, 6.07) is 13.8. The molecule has 0 radical (unpaired) electrons. The summed E-state index contributed by atoms with van der Waals surface area (Å²) in [5, 5.41) is 7.07. The number of thiazole rings is 1. The molecule has 1 heterocycles. The molecule has 0 unspecified atom stereocenters. The predicted molar refractivity (Wildman–Crippen MR) is 85.4 cm³/mol. The van der Waals surface area contributed by atoms with Gasteiger partial charge in [0.2, 0.25) is 10.0 Å². The molecule has 5 nitrogen and oxygen atoms in total. The van der Waals surface area contributed by atoms with Crippen LogP contribution in [0.2, 0.25) is 0 Å². The Labute approximate surface area is 132 Å². The highest BCUT2D eigenvalue weighted by Crippen LogP contribution is 2.37. The number of benzene rings is 2. The maximum Gasteiger partial charge on any atom is 0.238 e. The van der Waals surface area contributed by atoms with E-state index in [-0.39, 0.29) is 4.90 Å². The maximum atomic E-state index is 11.9. The first-order valence-electron chi connectivity index (χ1n) is 6.33. The van der Waals surface area contributed by atoms with Crippen LogP contribution in [0.5, 0.6) is 11.5 Å². The zero-order valence-electron chi connectivity index (χ0n) is 11.3. The molecule has 7 heteroatoms. The quantitative estimate of drug-likeness (QED) is 0.795. The molecule has 2 N–H and O–H groups in total. The van der Waals surface area contributed by atoms with Crippen LogP contribution in [0.4, 0.5) is 0 Å². The average Bonchev–Trinajstić information content (AvgIpc) is 3.01. The van der Waals surface area contributed by atoms with Crippen LogP contribution < -0.4 is 9.88 Å². The number of nitrogens with two attached hydrogens (primary N) is 1. The van der Waals surface area contributed by atoms with Gasteiger partial charge >= 0.3 is 0 Å². The number of primary sulfonamides is 1. The van der Waals surface area contributed by atoms with Gasteiger partial charge in [-0.1, -0.05) is 24.3 Å². The molecule has 0 bridgehead atoms. The van der Waals surface area contributed by atoms with Crippen molar-refractivity contribution in [3.63, 3.8) is 0 Å². The lowest BCUT2D eigenvalue weighted by Gasteiger charge is -2.13. The second kappa shape index (κ2) is 5.88. The Bertz CT molecular complexity index is 876. The van der Waals surface area contributed by atoms with Crippen LogP contribution in [0.15, 0.2) is 64.3 Å². The van der Waals surface area contributed by atoms with Crippen molar-refractivity contribution in [3.8, 4) is 22.8 Å². The van der Waals surface area contributed by atoms with Gasteiger partial charge in [-0.3, -0.25) is 0 Å². The van der Waals surface area contributed by atoms with Crippen LogP contribution in [0.3, 0.4) is 0 Å². The molecule has 0 amide bonds. The highest BCUT2D eigenvalue weighted by Gasteiger charge is 2.21. The zero-order chi connectivity index (χ0) is 15.6. The fraction of sp³-hybridized carbons (Fsp3) is 0. The number of sulfonamides is 1. The van der Waals surface area contributed by atoms with Gasteiger partial charge in [0, 0.05) is 5.38 Å². The first-order valence-corrected chi connectivity index (χ1v) is 8.82. The molecule has 0 fully saturated rings. The molecule has 1 aromatic heterocycles. The molecule has 3 aromatic rings. The summed E-state index contributed by atoms with van der Waals surface area (Å²) in [5.41, 5.74) is 2.51. The highest BCUT2D eigenvalue weighted by atomic mass is 32.2. The van der Waals surface area contributed by atoms with Crippen LogP contribution in [0.1, 0.15) is 0 Å². The van der Waals surface area contributed by atoms with Crippen molar-refractivity contribution >= 4 is 21.4 Å². The minimum absolute atomic E-state index is 0.00756. The second-order valence-electron chi connectivity index (χ2n) is 4.46. The number of para-hydroxylation sites is 1. The Morgan fingerprint density at radius 1 is 1.05 bits per heavy atom. The van der Waals surface area contributed by atoms with E-state index in [9.17, 15) is 8.42 Å². The highest BCUT2D eigenvalue weighted by molar-refractivity contribution is 7.89. The first kappa shape index (κ1) is 14.7. The Balaban J connectivity index is 2.18. The Morgan fingerprint density at radius 3 is 2.45 bits per heavy atom. The monoisotopic (exact) mass is 332 g/mol. The summed E-state index contributed by atoms with van der Waals surface area (Å²) in [5.74, 6) is 0.995. The molecule has 0 aliphatic rings. The minimum atomic E-state index is -3.89. The van der Waals surface area contributed by atoms with Crippen LogP contribution in [-0.2, 0) is 10.0 Å². The van der Waals surface area contributed by atoms with Crippen molar-refractivity contribution in [2.45, 2.75) is 4.90 Å². The standard InChI is InChI=1S/C15H12N2O3S2/c16-22(18,19)14-8-4-7-13(15(14)12-9-21-10-17-12)20-11-5-2-1-3-6-11/h1-10H,(H2,16,18,19). The lowest BCUT2D eigenvalue weighted by atomic mass is 10.1. The molecular formula is C15H12N2O3S2. The number of hydrogen-bond donors (Lipinski definition) is 1. The number of hydrogen-bond acceptors (Lipinski definition) is 5.